The maximum atomic E-state index is 11.8. The van der Waals surface area contributed by atoms with Crippen LogP contribution in [0, 0.1) is 0 Å². The first-order valence-electron chi connectivity index (χ1n) is 5.20. The van der Waals surface area contributed by atoms with Gasteiger partial charge in [0.05, 0.1) is 5.35 Å². The number of hydrogen-bond acceptors (Lipinski definition) is 3. The summed E-state index contributed by atoms with van der Waals surface area (Å²) in [6, 6.07) is 3.74. The lowest BCUT2D eigenvalue weighted by Gasteiger charge is -2.07. The van der Waals surface area contributed by atoms with Gasteiger partial charge in [0.1, 0.15) is 0 Å². The predicted molar refractivity (Wildman–Crippen MR) is 64.1 cm³/mol. The molecule has 0 spiro atoms. The summed E-state index contributed by atoms with van der Waals surface area (Å²) >= 11 is 0. The summed E-state index contributed by atoms with van der Waals surface area (Å²) in [5.74, 6) is 0.0577. The third-order valence-electron chi connectivity index (χ3n) is 2.41. The van der Waals surface area contributed by atoms with Gasteiger partial charge in [-0.1, -0.05) is 12.1 Å². The molecular formula is C13H14N2O. The Hall–Kier alpha value is -1.74. The SMILES string of the molecule is CN(C)C/C=C1/C=c2ncccc2=CC1=O. The average molecular weight is 214 g/mol. The van der Waals surface area contributed by atoms with Crippen molar-refractivity contribution in [2.45, 2.75) is 0 Å². The molecule has 0 saturated heterocycles. The first kappa shape index (κ1) is 10.8. The topological polar surface area (TPSA) is 33.2 Å². The first-order valence-corrected chi connectivity index (χ1v) is 5.20. The number of hydrogen-bond donors (Lipinski definition) is 0. The van der Waals surface area contributed by atoms with E-state index in [0.717, 1.165) is 22.7 Å². The van der Waals surface area contributed by atoms with E-state index in [1.807, 2.05) is 43.3 Å². The van der Waals surface area contributed by atoms with Crippen molar-refractivity contribution in [2.24, 2.45) is 0 Å². The third kappa shape index (κ3) is 2.25. The standard InChI is InChI=1S/C13H14N2O/c1-15(2)7-5-11-8-12-10(9-13(11)16)4-3-6-14-12/h3-6,8-9H,7H2,1-2H3/b11-5-. The van der Waals surface area contributed by atoms with Gasteiger partial charge in [-0.05, 0) is 32.3 Å². The van der Waals surface area contributed by atoms with Crippen LogP contribution in [0.15, 0.2) is 30.0 Å². The number of carbonyl (C=O) groups is 1. The number of allylic oxidation sites excluding steroid dienone is 1. The quantitative estimate of drug-likeness (QED) is 0.634. The van der Waals surface area contributed by atoms with E-state index in [0.29, 0.717) is 0 Å². The number of likely N-dealkylation sites (N-methyl/N-ethyl adjacent to an activating group) is 1. The number of pyridine rings is 1. The van der Waals surface area contributed by atoms with Crippen LogP contribution in [0.3, 0.4) is 0 Å². The van der Waals surface area contributed by atoms with Crippen molar-refractivity contribution in [1.82, 2.24) is 9.88 Å². The van der Waals surface area contributed by atoms with Gasteiger partial charge in [0.25, 0.3) is 0 Å². The van der Waals surface area contributed by atoms with E-state index in [2.05, 4.69) is 4.98 Å². The second-order valence-electron chi connectivity index (χ2n) is 4.05. The summed E-state index contributed by atoms with van der Waals surface area (Å²) in [4.78, 5) is 18.0. The largest absolute Gasteiger partial charge is 0.306 e. The van der Waals surface area contributed by atoms with Crippen LogP contribution >= 0.6 is 0 Å². The molecule has 1 aromatic rings. The number of fused-ring (bicyclic) bond motifs is 1. The molecule has 82 valence electrons. The van der Waals surface area contributed by atoms with E-state index in [1.165, 1.54) is 0 Å². The number of ketones is 1. The van der Waals surface area contributed by atoms with Crippen LogP contribution in [0.1, 0.15) is 0 Å². The summed E-state index contributed by atoms with van der Waals surface area (Å²) in [5, 5.41) is 1.77. The van der Waals surface area contributed by atoms with Crippen LogP contribution < -0.4 is 10.6 Å². The molecule has 1 aromatic heterocycles. The van der Waals surface area contributed by atoms with E-state index < -0.39 is 0 Å². The Morgan fingerprint density at radius 1 is 1.38 bits per heavy atom. The van der Waals surface area contributed by atoms with E-state index >= 15 is 0 Å². The van der Waals surface area contributed by atoms with Gasteiger partial charge in [-0.15, -0.1) is 0 Å². The van der Waals surface area contributed by atoms with Crippen LogP contribution in [-0.2, 0) is 4.79 Å². The van der Waals surface area contributed by atoms with Gasteiger partial charge in [0.15, 0.2) is 5.78 Å². The highest BCUT2D eigenvalue weighted by atomic mass is 16.1. The normalized spacial score (nSPS) is 16.9. The number of carbonyl (C=O) groups excluding carboxylic acids is 1. The van der Waals surface area contributed by atoms with Gasteiger partial charge in [0.2, 0.25) is 0 Å². The summed E-state index contributed by atoms with van der Waals surface area (Å²) in [6.07, 6.45) is 7.16. The Balaban J connectivity index is 2.44. The highest BCUT2D eigenvalue weighted by molar-refractivity contribution is 6.22. The third-order valence-corrected chi connectivity index (χ3v) is 2.41. The lowest BCUT2D eigenvalue weighted by molar-refractivity contribution is -0.109. The fourth-order valence-electron chi connectivity index (χ4n) is 1.56. The Labute approximate surface area is 94.4 Å². The van der Waals surface area contributed by atoms with Crippen molar-refractivity contribution in [3.63, 3.8) is 0 Å². The molecule has 16 heavy (non-hydrogen) atoms. The summed E-state index contributed by atoms with van der Waals surface area (Å²) in [5.41, 5.74) is 0.722. The molecule has 1 aliphatic carbocycles. The van der Waals surface area contributed by atoms with E-state index in [-0.39, 0.29) is 5.78 Å². The highest BCUT2D eigenvalue weighted by Gasteiger charge is 2.08. The molecule has 0 saturated carbocycles. The van der Waals surface area contributed by atoms with Gasteiger partial charge in [-0.3, -0.25) is 9.78 Å². The zero-order valence-electron chi connectivity index (χ0n) is 9.47. The van der Waals surface area contributed by atoms with Gasteiger partial charge in [-0.2, -0.15) is 0 Å². The van der Waals surface area contributed by atoms with Crippen LogP contribution in [0.2, 0.25) is 0 Å². The van der Waals surface area contributed by atoms with Crippen molar-refractivity contribution < 1.29 is 4.79 Å². The molecule has 0 unspecified atom stereocenters. The summed E-state index contributed by atoms with van der Waals surface area (Å²) in [7, 11) is 3.94. The van der Waals surface area contributed by atoms with Gasteiger partial charge < -0.3 is 4.90 Å². The first-order chi connectivity index (χ1) is 7.66. The minimum absolute atomic E-state index is 0.0577. The molecule has 1 heterocycles. The molecule has 0 N–H and O–H groups in total. The lowest BCUT2D eigenvalue weighted by Crippen LogP contribution is -2.32. The Bertz CT molecular complexity index is 556. The molecule has 0 aromatic carbocycles. The van der Waals surface area contributed by atoms with E-state index in [4.69, 9.17) is 0 Å². The van der Waals surface area contributed by atoms with Crippen molar-refractivity contribution in [1.29, 1.82) is 0 Å². The van der Waals surface area contributed by atoms with E-state index in [9.17, 15) is 4.79 Å². The zero-order chi connectivity index (χ0) is 11.5. The van der Waals surface area contributed by atoms with Crippen LogP contribution in [-0.4, -0.2) is 36.3 Å². The van der Waals surface area contributed by atoms with Crippen LogP contribution in [0.4, 0.5) is 0 Å². The fourth-order valence-corrected chi connectivity index (χ4v) is 1.56. The molecule has 3 nitrogen and oxygen atoms in total. The molecule has 2 rings (SSSR count). The van der Waals surface area contributed by atoms with E-state index in [1.54, 1.807) is 12.3 Å². The van der Waals surface area contributed by atoms with Crippen molar-refractivity contribution in [2.75, 3.05) is 20.6 Å². The molecule has 3 heteroatoms. The molecule has 0 atom stereocenters. The number of nitrogens with zero attached hydrogens (tertiary/aromatic N) is 2. The van der Waals surface area contributed by atoms with Crippen LogP contribution in [0.25, 0.3) is 12.2 Å². The minimum Gasteiger partial charge on any atom is -0.306 e. The van der Waals surface area contributed by atoms with Gasteiger partial charge in [-0.25, -0.2) is 0 Å². The maximum Gasteiger partial charge on any atom is 0.186 e. The predicted octanol–water partition coefficient (Wildman–Crippen LogP) is -0.287. The highest BCUT2D eigenvalue weighted by Crippen LogP contribution is 2.02. The molecule has 0 bridgehead atoms. The molecule has 0 radical (unpaired) electrons. The van der Waals surface area contributed by atoms with Gasteiger partial charge >= 0.3 is 0 Å². The van der Waals surface area contributed by atoms with Crippen molar-refractivity contribution in [3.8, 4) is 0 Å². The fraction of sp³-hybridized carbons (Fsp3) is 0.231. The number of aromatic nitrogens is 1. The van der Waals surface area contributed by atoms with Crippen molar-refractivity contribution in [3.05, 3.63) is 40.5 Å². The molecule has 0 aliphatic heterocycles. The monoisotopic (exact) mass is 214 g/mol. The number of rotatable bonds is 2. The zero-order valence-corrected chi connectivity index (χ0v) is 9.47. The maximum absolute atomic E-state index is 11.8. The Morgan fingerprint density at radius 3 is 2.94 bits per heavy atom. The second-order valence-corrected chi connectivity index (χ2v) is 4.05. The number of Topliss-reactive ketones (excluding diaryl/α,β-unsaturated/α-hetero) is 1. The smallest absolute Gasteiger partial charge is 0.186 e. The lowest BCUT2D eigenvalue weighted by atomic mass is 10.0. The van der Waals surface area contributed by atoms with Crippen LogP contribution in [0.5, 0.6) is 0 Å². The van der Waals surface area contributed by atoms with Crippen molar-refractivity contribution >= 4 is 17.9 Å². The Morgan fingerprint density at radius 2 is 2.19 bits per heavy atom. The second kappa shape index (κ2) is 4.41. The molecular weight excluding hydrogens is 200 g/mol. The average Bonchev–Trinajstić information content (AvgIpc) is 2.26. The van der Waals surface area contributed by atoms with Gasteiger partial charge in [0, 0.05) is 23.5 Å². The Kier molecular flexibility index (Phi) is 2.97. The minimum atomic E-state index is 0.0577. The molecule has 1 aliphatic rings. The molecule has 0 fully saturated rings. The summed E-state index contributed by atoms with van der Waals surface area (Å²) < 4.78 is 0. The molecule has 0 amide bonds. The summed E-state index contributed by atoms with van der Waals surface area (Å²) in [6.45, 7) is 0.758.